The van der Waals surface area contributed by atoms with Gasteiger partial charge in [-0.2, -0.15) is 0 Å². The number of carbonyl (C=O) groups is 1. The van der Waals surface area contributed by atoms with E-state index in [9.17, 15) is 4.79 Å². The Morgan fingerprint density at radius 3 is 3.06 bits per heavy atom. The zero-order chi connectivity index (χ0) is 11.1. The molecule has 82 valence electrons. The number of rotatable bonds is 2. The largest absolute Gasteiger partial charge is 0.481 e. The first-order valence-electron chi connectivity index (χ1n) is 5.57. The first-order valence-corrected chi connectivity index (χ1v) is 5.57. The second-order valence-corrected chi connectivity index (χ2v) is 4.40. The summed E-state index contributed by atoms with van der Waals surface area (Å²) in [5.41, 5.74) is 3.59. The molecule has 1 aliphatic rings. The lowest BCUT2D eigenvalue weighted by Gasteiger charge is -2.05. The molecule has 0 bridgehead atoms. The van der Waals surface area contributed by atoms with Crippen molar-refractivity contribution >= 4 is 16.9 Å². The second kappa shape index (κ2) is 3.37. The molecule has 1 heterocycles. The van der Waals surface area contributed by atoms with Gasteiger partial charge in [0.15, 0.2) is 0 Å². The summed E-state index contributed by atoms with van der Waals surface area (Å²) < 4.78 is 0. The van der Waals surface area contributed by atoms with Crippen molar-refractivity contribution in [3.8, 4) is 0 Å². The number of carboxylic acid groups (broad SMARTS) is 1. The summed E-state index contributed by atoms with van der Waals surface area (Å²) in [7, 11) is 0. The fourth-order valence-electron chi connectivity index (χ4n) is 2.72. The number of aliphatic carboxylic acids is 1. The van der Waals surface area contributed by atoms with E-state index in [0.29, 0.717) is 0 Å². The molecule has 0 fully saturated rings. The Morgan fingerprint density at radius 1 is 1.44 bits per heavy atom. The predicted octanol–water partition coefficient (Wildman–Crippen LogP) is 2.67. The van der Waals surface area contributed by atoms with Crippen LogP contribution in [0.5, 0.6) is 0 Å². The van der Waals surface area contributed by atoms with E-state index in [1.165, 1.54) is 10.9 Å². The first kappa shape index (κ1) is 9.46. The van der Waals surface area contributed by atoms with Crippen LogP contribution in [-0.2, 0) is 11.2 Å². The lowest BCUT2D eigenvalue weighted by Crippen LogP contribution is -2.03. The first-order chi connectivity index (χ1) is 7.75. The van der Waals surface area contributed by atoms with Gasteiger partial charge in [-0.3, -0.25) is 4.79 Å². The Balaban J connectivity index is 2.08. The highest BCUT2D eigenvalue weighted by atomic mass is 16.4. The number of fused-ring (bicyclic) bond motifs is 3. The number of carboxylic acids is 1. The zero-order valence-corrected chi connectivity index (χ0v) is 8.86. The lowest BCUT2D eigenvalue weighted by molar-refractivity contribution is -0.137. The average molecular weight is 215 g/mol. The van der Waals surface area contributed by atoms with E-state index >= 15 is 0 Å². The molecule has 0 amide bonds. The molecule has 3 rings (SSSR count). The quantitative estimate of drug-likeness (QED) is 0.809. The highest BCUT2D eigenvalue weighted by Gasteiger charge is 2.27. The minimum atomic E-state index is -0.712. The molecule has 2 aromatic rings. The van der Waals surface area contributed by atoms with Crippen LogP contribution in [0.4, 0.5) is 0 Å². The van der Waals surface area contributed by atoms with Crippen molar-refractivity contribution in [1.82, 2.24) is 4.98 Å². The van der Waals surface area contributed by atoms with Crippen LogP contribution < -0.4 is 0 Å². The monoisotopic (exact) mass is 215 g/mol. The number of nitrogens with one attached hydrogen (secondary N) is 1. The molecule has 1 aromatic carbocycles. The average Bonchev–Trinajstić information content (AvgIpc) is 2.78. The minimum absolute atomic E-state index is 0.167. The van der Waals surface area contributed by atoms with Gasteiger partial charge in [0.1, 0.15) is 0 Å². The van der Waals surface area contributed by atoms with Gasteiger partial charge in [0.2, 0.25) is 0 Å². The van der Waals surface area contributed by atoms with E-state index in [-0.39, 0.29) is 12.3 Å². The van der Waals surface area contributed by atoms with Crippen LogP contribution in [0.1, 0.15) is 30.0 Å². The maximum atomic E-state index is 10.8. The molecule has 2 N–H and O–H groups in total. The number of para-hydroxylation sites is 1. The number of hydrogen-bond acceptors (Lipinski definition) is 1. The van der Waals surface area contributed by atoms with Crippen LogP contribution in [0.3, 0.4) is 0 Å². The summed E-state index contributed by atoms with van der Waals surface area (Å²) in [6.07, 6.45) is 2.19. The number of H-pyrrole nitrogens is 1. The van der Waals surface area contributed by atoms with E-state index in [4.69, 9.17) is 5.11 Å². The number of hydrogen-bond donors (Lipinski definition) is 2. The van der Waals surface area contributed by atoms with Crippen LogP contribution in [0, 0.1) is 0 Å². The molecule has 0 aliphatic heterocycles. The number of benzene rings is 1. The Bertz CT molecular complexity index is 556. The Kier molecular flexibility index (Phi) is 1.99. The molecule has 1 aromatic heterocycles. The normalized spacial score (nSPS) is 18.9. The number of aromatic nitrogens is 1. The van der Waals surface area contributed by atoms with Crippen molar-refractivity contribution in [2.45, 2.75) is 25.2 Å². The van der Waals surface area contributed by atoms with Crippen molar-refractivity contribution in [3.63, 3.8) is 0 Å². The van der Waals surface area contributed by atoms with E-state index in [1.807, 2.05) is 18.2 Å². The van der Waals surface area contributed by atoms with Gasteiger partial charge < -0.3 is 10.1 Å². The zero-order valence-electron chi connectivity index (χ0n) is 8.86. The van der Waals surface area contributed by atoms with Crippen LogP contribution in [-0.4, -0.2) is 16.1 Å². The van der Waals surface area contributed by atoms with Crippen LogP contribution in [0.2, 0.25) is 0 Å². The molecular formula is C13H13NO2. The van der Waals surface area contributed by atoms with Gasteiger partial charge in [0, 0.05) is 22.5 Å². The van der Waals surface area contributed by atoms with Gasteiger partial charge in [-0.1, -0.05) is 18.2 Å². The highest BCUT2D eigenvalue weighted by Crippen LogP contribution is 2.39. The van der Waals surface area contributed by atoms with E-state index in [0.717, 1.165) is 24.1 Å². The van der Waals surface area contributed by atoms with Crippen molar-refractivity contribution in [3.05, 3.63) is 35.5 Å². The van der Waals surface area contributed by atoms with E-state index in [1.54, 1.807) is 0 Å². The molecule has 1 unspecified atom stereocenters. The predicted molar refractivity (Wildman–Crippen MR) is 61.6 cm³/mol. The summed E-state index contributed by atoms with van der Waals surface area (Å²) in [5, 5.41) is 10.1. The van der Waals surface area contributed by atoms with Crippen LogP contribution >= 0.6 is 0 Å². The van der Waals surface area contributed by atoms with Gasteiger partial charge in [-0.15, -0.1) is 0 Å². The van der Waals surface area contributed by atoms with Crippen LogP contribution in [0.25, 0.3) is 10.9 Å². The van der Waals surface area contributed by atoms with Gasteiger partial charge in [0.05, 0.1) is 6.42 Å². The number of aromatic amines is 1. The summed E-state index contributed by atoms with van der Waals surface area (Å²) in [6.45, 7) is 0. The second-order valence-electron chi connectivity index (χ2n) is 4.40. The third kappa shape index (κ3) is 1.32. The smallest absolute Gasteiger partial charge is 0.304 e. The van der Waals surface area contributed by atoms with Crippen LogP contribution in [0.15, 0.2) is 24.3 Å². The van der Waals surface area contributed by atoms with Crippen molar-refractivity contribution in [1.29, 1.82) is 0 Å². The van der Waals surface area contributed by atoms with Crippen molar-refractivity contribution in [2.75, 3.05) is 0 Å². The fourth-order valence-corrected chi connectivity index (χ4v) is 2.72. The molecule has 0 spiro atoms. The molecule has 16 heavy (non-hydrogen) atoms. The summed E-state index contributed by atoms with van der Waals surface area (Å²) in [6, 6.07) is 8.18. The summed E-state index contributed by atoms with van der Waals surface area (Å²) >= 11 is 0. The summed E-state index contributed by atoms with van der Waals surface area (Å²) in [5.74, 6) is -0.545. The lowest BCUT2D eigenvalue weighted by atomic mass is 10.0. The highest BCUT2D eigenvalue weighted by molar-refractivity contribution is 5.85. The maximum Gasteiger partial charge on any atom is 0.304 e. The Morgan fingerprint density at radius 2 is 2.25 bits per heavy atom. The minimum Gasteiger partial charge on any atom is -0.481 e. The molecule has 3 nitrogen and oxygen atoms in total. The fraction of sp³-hybridized carbons (Fsp3) is 0.308. The van der Waals surface area contributed by atoms with Crippen molar-refractivity contribution in [2.24, 2.45) is 0 Å². The van der Waals surface area contributed by atoms with E-state index < -0.39 is 5.97 Å². The molecule has 1 aliphatic carbocycles. The summed E-state index contributed by atoms with van der Waals surface area (Å²) in [4.78, 5) is 14.1. The topological polar surface area (TPSA) is 53.1 Å². The molecule has 3 heteroatoms. The third-order valence-electron chi connectivity index (χ3n) is 3.42. The SMILES string of the molecule is O=C(O)CC1CCc2c1[nH]c1ccccc21. The van der Waals surface area contributed by atoms with Gasteiger partial charge >= 0.3 is 5.97 Å². The molecular weight excluding hydrogens is 202 g/mol. The van der Waals surface area contributed by atoms with Gasteiger partial charge in [-0.05, 0) is 24.5 Å². The third-order valence-corrected chi connectivity index (χ3v) is 3.42. The molecule has 1 atom stereocenters. The molecule has 0 radical (unpaired) electrons. The number of aryl methyl sites for hydroxylation is 1. The van der Waals surface area contributed by atoms with Gasteiger partial charge in [-0.25, -0.2) is 0 Å². The maximum absolute atomic E-state index is 10.8. The van der Waals surface area contributed by atoms with Crippen molar-refractivity contribution < 1.29 is 9.90 Å². The Hall–Kier alpha value is -1.77. The molecule has 0 saturated heterocycles. The molecule has 0 saturated carbocycles. The van der Waals surface area contributed by atoms with E-state index in [2.05, 4.69) is 11.1 Å². The standard InChI is InChI=1S/C13H13NO2/c15-12(16)7-8-5-6-10-9-3-1-2-4-11(9)14-13(8)10/h1-4,8,14H,5-7H2,(H,15,16). The Labute approximate surface area is 93.1 Å². The van der Waals surface area contributed by atoms with Gasteiger partial charge in [0.25, 0.3) is 0 Å².